The number of rotatable bonds is 2. The number of amides is 1. The van der Waals surface area contributed by atoms with E-state index >= 15 is 0 Å². The number of benzene rings is 2. The molecule has 0 bridgehead atoms. The third-order valence-electron chi connectivity index (χ3n) is 4.19. The van der Waals surface area contributed by atoms with Crippen LogP contribution in [0.2, 0.25) is 0 Å². The van der Waals surface area contributed by atoms with Crippen molar-refractivity contribution in [2.45, 2.75) is 6.10 Å². The highest BCUT2D eigenvalue weighted by molar-refractivity contribution is 5.94. The van der Waals surface area contributed by atoms with E-state index in [1.807, 2.05) is 24.3 Å². The number of H-pyrrole nitrogens is 1. The monoisotopic (exact) mass is 325 g/mol. The number of ether oxygens (including phenoxy) is 1. The molecule has 6 heteroatoms. The molecule has 1 saturated heterocycles. The second kappa shape index (κ2) is 6.05. The predicted molar refractivity (Wildman–Crippen MR) is 87.1 cm³/mol. The zero-order valence-corrected chi connectivity index (χ0v) is 12.9. The molecule has 0 saturated carbocycles. The Kier molecular flexibility index (Phi) is 3.74. The van der Waals surface area contributed by atoms with Gasteiger partial charge in [0.25, 0.3) is 5.91 Å². The number of nitrogens with one attached hydrogen (secondary N) is 1. The molecular weight excluding hydrogens is 309 g/mol. The van der Waals surface area contributed by atoms with Crippen LogP contribution in [0.3, 0.4) is 0 Å². The summed E-state index contributed by atoms with van der Waals surface area (Å²) in [5.74, 6) is -0.109. The molecule has 1 fully saturated rings. The Balaban J connectivity index is 1.54. The summed E-state index contributed by atoms with van der Waals surface area (Å²) in [7, 11) is 0. The van der Waals surface area contributed by atoms with Crippen molar-refractivity contribution in [3.63, 3.8) is 0 Å². The first-order valence-corrected chi connectivity index (χ1v) is 7.82. The quantitative estimate of drug-likeness (QED) is 0.788. The lowest BCUT2D eigenvalue weighted by molar-refractivity contribution is -0.0232. The molecule has 122 valence electrons. The lowest BCUT2D eigenvalue weighted by atomic mass is 10.1. The number of morpholine rings is 1. The smallest absolute Gasteiger partial charge is 0.289 e. The number of aromatic amines is 1. The predicted octanol–water partition coefficient (Wildman–Crippen LogP) is 2.92. The van der Waals surface area contributed by atoms with E-state index in [2.05, 4.69) is 9.97 Å². The maximum atomic E-state index is 13.1. The van der Waals surface area contributed by atoms with Crippen molar-refractivity contribution in [3.8, 4) is 0 Å². The molecule has 5 nitrogen and oxygen atoms in total. The minimum atomic E-state index is -0.287. The van der Waals surface area contributed by atoms with Crippen LogP contribution < -0.4 is 0 Å². The second-order valence-electron chi connectivity index (χ2n) is 5.76. The van der Waals surface area contributed by atoms with Gasteiger partial charge in [0.05, 0.1) is 24.2 Å². The number of hydrogen-bond acceptors (Lipinski definition) is 3. The number of carbonyl (C=O) groups excluding carboxylic acids is 1. The summed E-state index contributed by atoms with van der Waals surface area (Å²) in [6.45, 7) is 1.36. The summed E-state index contributed by atoms with van der Waals surface area (Å²) in [5.41, 5.74) is 2.46. The molecule has 3 aromatic rings. The van der Waals surface area contributed by atoms with Crippen LogP contribution in [-0.2, 0) is 4.74 Å². The number of hydrogen-bond donors (Lipinski definition) is 1. The SMILES string of the molecule is O=C(c1nc2ccccc2[nH]1)N1CCO[C@@H](c2ccc(F)cc2)C1. The molecule has 1 atom stereocenters. The molecule has 24 heavy (non-hydrogen) atoms. The summed E-state index contributed by atoms with van der Waals surface area (Å²) in [4.78, 5) is 21.9. The molecule has 1 N–H and O–H groups in total. The highest BCUT2D eigenvalue weighted by Crippen LogP contribution is 2.23. The molecule has 1 aromatic heterocycles. The standard InChI is InChI=1S/C18H16FN3O2/c19-13-7-5-12(6-8-13)16-11-22(9-10-24-16)18(23)17-20-14-3-1-2-4-15(14)21-17/h1-8,16H,9-11H2,(H,20,21)/t16-/m1/s1. The summed E-state index contributed by atoms with van der Waals surface area (Å²) in [6, 6.07) is 13.7. The first kappa shape index (κ1) is 14.8. The lowest BCUT2D eigenvalue weighted by Crippen LogP contribution is -2.42. The van der Waals surface area contributed by atoms with Crippen LogP contribution in [0.5, 0.6) is 0 Å². The molecular formula is C18H16FN3O2. The Morgan fingerprint density at radius 1 is 1.21 bits per heavy atom. The van der Waals surface area contributed by atoms with E-state index in [0.29, 0.717) is 25.5 Å². The summed E-state index contributed by atoms with van der Waals surface area (Å²) >= 11 is 0. The molecule has 0 aliphatic carbocycles. The highest BCUT2D eigenvalue weighted by Gasteiger charge is 2.27. The highest BCUT2D eigenvalue weighted by atomic mass is 19.1. The van der Waals surface area contributed by atoms with Crippen molar-refractivity contribution >= 4 is 16.9 Å². The van der Waals surface area contributed by atoms with Gasteiger partial charge in [0.15, 0.2) is 5.82 Å². The number of halogens is 1. The van der Waals surface area contributed by atoms with Crippen LogP contribution in [0.4, 0.5) is 4.39 Å². The first-order valence-electron chi connectivity index (χ1n) is 7.82. The molecule has 4 rings (SSSR count). The number of aromatic nitrogens is 2. The summed E-state index contributed by atoms with van der Waals surface area (Å²) < 4.78 is 18.8. The second-order valence-corrected chi connectivity index (χ2v) is 5.76. The van der Waals surface area contributed by atoms with E-state index in [0.717, 1.165) is 16.6 Å². The Morgan fingerprint density at radius 3 is 2.79 bits per heavy atom. The van der Waals surface area contributed by atoms with Crippen molar-refractivity contribution < 1.29 is 13.9 Å². The van der Waals surface area contributed by atoms with Gasteiger partial charge >= 0.3 is 0 Å². The fourth-order valence-electron chi connectivity index (χ4n) is 2.92. The zero-order chi connectivity index (χ0) is 16.5. The molecule has 0 unspecified atom stereocenters. The normalized spacial score (nSPS) is 18.0. The number of carbonyl (C=O) groups is 1. The number of fused-ring (bicyclic) bond motifs is 1. The molecule has 1 amide bonds. The van der Waals surface area contributed by atoms with Gasteiger partial charge in [0.1, 0.15) is 11.9 Å². The maximum Gasteiger partial charge on any atom is 0.289 e. The summed E-state index contributed by atoms with van der Waals surface area (Å²) in [5, 5.41) is 0. The minimum absolute atomic E-state index is 0.151. The Labute approximate surface area is 138 Å². The maximum absolute atomic E-state index is 13.1. The van der Waals surface area contributed by atoms with E-state index in [9.17, 15) is 9.18 Å². The number of imidazole rings is 1. The molecule has 0 radical (unpaired) electrons. The van der Waals surface area contributed by atoms with Gasteiger partial charge in [-0.2, -0.15) is 0 Å². The van der Waals surface area contributed by atoms with Crippen molar-refractivity contribution in [1.29, 1.82) is 0 Å². The van der Waals surface area contributed by atoms with Gasteiger partial charge in [-0.3, -0.25) is 4.79 Å². The fourth-order valence-corrected chi connectivity index (χ4v) is 2.92. The van der Waals surface area contributed by atoms with Crippen LogP contribution >= 0.6 is 0 Å². The van der Waals surface area contributed by atoms with Gasteiger partial charge < -0.3 is 14.6 Å². The van der Waals surface area contributed by atoms with Crippen LogP contribution in [0.15, 0.2) is 48.5 Å². The molecule has 2 heterocycles. The van der Waals surface area contributed by atoms with Gasteiger partial charge in [-0.15, -0.1) is 0 Å². The third-order valence-corrected chi connectivity index (χ3v) is 4.19. The van der Waals surface area contributed by atoms with E-state index in [-0.39, 0.29) is 17.8 Å². The van der Waals surface area contributed by atoms with Crippen LogP contribution in [0.1, 0.15) is 22.3 Å². The van der Waals surface area contributed by atoms with Crippen LogP contribution in [0, 0.1) is 5.82 Å². The van der Waals surface area contributed by atoms with E-state index in [4.69, 9.17) is 4.74 Å². The molecule has 1 aliphatic rings. The Hall–Kier alpha value is -2.73. The van der Waals surface area contributed by atoms with E-state index in [1.165, 1.54) is 12.1 Å². The van der Waals surface area contributed by atoms with E-state index in [1.54, 1.807) is 17.0 Å². The molecule has 2 aromatic carbocycles. The summed E-state index contributed by atoms with van der Waals surface area (Å²) in [6.07, 6.45) is -0.257. The first-order chi connectivity index (χ1) is 11.7. The van der Waals surface area contributed by atoms with Crippen molar-refractivity contribution in [2.24, 2.45) is 0 Å². The van der Waals surface area contributed by atoms with Crippen molar-refractivity contribution in [3.05, 3.63) is 65.7 Å². The van der Waals surface area contributed by atoms with Crippen LogP contribution in [0.25, 0.3) is 11.0 Å². The van der Waals surface area contributed by atoms with Crippen molar-refractivity contribution in [2.75, 3.05) is 19.7 Å². The van der Waals surface area contributed by atoms with E-state index < -0.39 is 0 Å². The van der Waals surface area contributed by atoms with Gasteiger partial charge in [-0.25, -0.2) is 9.37 Å². The average molecular weight is 325 g/mol. The number of nitrogens with zero attached hydrogens (tertiary/aromatic N) is 2. The van der Waals surface area contributed by atoms with Gasteiger partial charge in [0, 0.05) is 6.54 Å². The molecule has 0 spiro atoms. The molecule has 1 aliphatic heterocycles. The number of para-hydroxylation sites is 2. The van der Waals surface area contributed by atoms with Gasteiger partial charge in [0.2, 0.25) is 0 Å². The lowest BCUT2D eigenvalue weighted by Gasteiger charge is -2.32. The van der Waals surface area contributed by atoms with Gasteiger partial charge in [-0.05, 0) is 29.8 Å². The average Bonchev–Trinajstić information content (AvgIpc) is 3.06. The van der Waals surface area contributed by atoms with Crippen LogP contribution in [-0.4, -0.2) is 40.5 Å². The van der Waals surface area contributed by atoms with Crippen molar-refractivity contribution in [1.82, 2.24) is 14.9 Å². The Bertz CT molecular complexity index is 842. The third kappa shape index (κ3) is 2.76. The minimum Gasteiger partial charge on any atom is -0.370 e. The van der Waals surface area contributed by atoms with Gasteiger partial charge in [-0.1, -0.05) is 24.3 Å². The zero-order valence-electron chi connectivity index (χ0n) is 12.9. The largest absolute Gasteiger partial charge is 0.370 e. The Morgan fingerprint density at radius 2 is 2.00 bits per heavy atom. The topological polar surface area (TPSA) is 58.2 Å². The fraction of sp³-hybridized carbons (Fsp3) is 0.222.